The molecule has 0 amide bonds. The summed E-state index contributed by atoms with van der Waals surface area (Å²) >= 11 is 0. The van der Waals surface area contributed by atoms with Crippen molar-refractivity contribution in [1.82, 2.24) is 33.6 Å². The maximum absolute atomic E-state index is 4.62. The Kier molecular flexibility index (Phi) is 53.3. The van der Waals surface area contributed by atoms with Gasteiger partial charge >= 0.3 is 0 Å². The maximum atomic E-state index is 4.62. The first-order valence-corrected chi connectivity index (χ1v) is 50.5. The number of pyridine rings is 2. The Hall–Kier alpha value is -13.5. The third-order valence-corrected chi connectivity index (χ3v) is 20.9. The van der Waals surface area contributed by atoms with Gasteiger partial charge in [-0.15, -0.1) is 0 Å². The number of hydrogen-bond donors (Lipinski definition) is 0. The van der Waals surface area contributed by atoms with Crippen molar-refractivity contribution in [3.8, 4) is 17.3 Å². The molecule has 0 fully saturated rings. The first-order chi connectivity index (χ1) is 66.4. The Morgan fingerprint density at radius 3 is 0.806 bits per heavy atom. The van der Waals surface area contributed by atoms with Crippen LogP contribution in [-0.4, -0.2) is 33.6 Å². The van der Waals surface area contributed by atoms with Gasteiger partial charge < -0.3 is 18.9 Å². The van der Waals surface area contributed by atoms with Crippen LogP contribution in [-0.2, 0) is 32.1 Å². The largest absolute Gasteiger partial charge is 0.310 e. The number of hydrogen-bond acceptors (Lipinski definition) is 6. The van der Waals surface area contributed by atoms with Crippen molar-refractivity contribution >= 4 is 110 Å². The smallest absolute Gasteiger partial charge is 0.234 e. The van der Waals surface area contributed by atoms with Crippen LogP contribution in [0.1, 0.15) is 233 Å². The van der Waals surface area contributed by atoms with E-state index in [9.17, 15) is 0 Å². The number of para-hydroxylation sites is 10. The molecule has 19 rings (SSSR count). The van der Waals surface area contributed by atoms with Crippen molar-refractivity contribution in [2.45, 2.75) is 237 Å². The number of aryl methyl sites for hydroxylation is 5. The minimum absolute atomic E-state index is 0.734. The average Bonchev–Trinajstić information content (AvgIpc) is 1.65. The van der Waals surface area contributed by atoms with Crippen LogP contribution in [0.15, 0.2) is 377 Å². The van der Waals surface area contributed by atoms with Crippen LogP contribution in [0.2, 0.25) is 0 Å². The average molecular weight is 1790 g/mol. The lowest BCUT2D eigenvalue weighted by atomic mass is 9.98. The second-order valence-electron chi connectivity index (χ2n) is 28.7. The zero-order chi connectivity index (χ0) is 97.8. The summed E-state index contributed by atoms with van der Waals surface area (Å²) in [6.07, 6.45) is 18.9. The molecular formula is C125H157N9. The van der Waals surface area contributed by atoms with E-state index in [1.807, 2.05) is 175 Å². The molecule has 0 spiro atoms. The lowest BCUT2D eigenvalue weighted by Gasteiger charge is -2.27. The van der Waals surface area contributed by atoms with Crippen molar-refractivity contribution in [2.75, 3.05) is 9.80 Å². The highest BCUT2D eigenvalue weighted by Gasteiger charge is 2.19. The van der Waals surface area contributed by atoms with Crippen LogP contribution in [0.25, 0.3) is 93.5 Å². The highest BCUT2D eigenvalue weighted by atomic mass is 15.2. The minimum Gasteiger partial charge on any atom is -0.310 e. The summed E-state index contributed by atoms with van der Waals surface area (Å²) < 4.78 is 6.80. The first-order valence-electron chi connectivity index (χ1n) is 50.5. The number of benzene rings is 13. The predicted molar refractivity (Wildman–Crippen MR) is 597 cm³/mol. The lowest BCUT2D eigenvalue weighted by Crippen LogP contribution is -2.10. The number of aromatic nitrogens is 7. The van der Waals surface area contributed by atoms with Gasteiger partial charge in [-0.05, 0) is 182 Å². The fourth-order valence-electron chi connectivity index (χ4n) is 15.6. The second-order valence-corrected chi connectivity index (χ2v) is 28.7. The molecule has 19 aromatic rings. The molecule has 0 aliphatic carbocycles. The van der Waals surface area contributed by atoms with Gasteiger partial charge in [-0.1, -0.05) is 430 Å². The molecule has 0 unspecified atom stereocenters. The van der Waals surface area contributed by atoms with E-state index in [0.29, 0.717) is 0 Å². The van der Waals surface area contributed by atoms with Gasteiger partial charge in [-0.25, -0.2) is 9.97 Å². The van der Waals surface area contributed by atoms with Crippen molar-refractivity contribution in [3.05, 3.63) is 405 Å². The molecule has 0 saturated carbocycles. The quantitative estimate of drug-likeness (QED) is 0.0803. The van der Waals surface area contributed by atoms with Gasteiger partial charge in [0.15, 0.2) is 0 Å². The maximum Gasteiger partial charge on any atom is 0.234 e. The highest BCUT2D eigenvalue weighted by Crippen LogP contribution is 2.41. The molecule has 0 aliphatic heterocycles. The molecule has 13 aromatic carbocycles. The van der Waals surface area contributed by atoms with Gasteiger partial charge in [0.25, 0.3) is 0 Å². The van der Waals surface area contributed by atoms with E-state index < -0.39 is 0 Å². The van der Waals surface area contributed by atoms with Gasteiger partial charge in [-0.2, -0.15) is 0 Å². The SMILES string of the molecule is CC.CC.CC.CC.CC.CC.CC.CC.CC.CC.CCCc1ccc(-n2c3ccccc3c3ccccc32)cc1.CCCc1ccc(-n2c3ccccc3c3ccccc32)cn1.CCCc1ccc(N(c2ccccc2)c2ccccc2)c2ccccc12.CCCc1ccc(N(c2ccccc2)c2ccccc2)cn1.CCCc1cnc(-n2c3ccccc3c3ccccc32)nc1. The fourth-order valence-corrected chi connectivity index (χ4v) is 15.6. The summed E-state index contributed by atoms with van der Waals surface area (Å²) in [5, 5.41) is 10.3. The molecule has 0 radical (unpaired) electrons. The molecule has 9 heteroatoms. The summed E-state index contributed by atoms with van der Waals surface area (Å²) in [6, 6.07) is 124. The minimum atomic E-state index is 0.734. The number of nitrogens with zero attached hydrogens (tertiary/aromatic N) is 9. The molecule has 6 aromatic heterocycles. The Bertz CT molecular complexity index is 5660. The van der Waals surface area contributed by atoms with Crippen LogP contribution in [0.5, 0.6) is 0 Å². The van der Waals surface area contributed by atoms with Gasteiger partial charge in [0, 0.05) is 89.9 Å². The molecule has 134 heavy (non-hydrogen) atoms. The molecular weight excluding hydrogens is 1630 g/mol. The Morgan fingerprint density at radius 1 is 0.194 bits per heavy atom. The van der Waals surface area contributed by atoms with Crippen molar-refractivity contribution in [2.24, 2.45) is 0 Å². The van der Waals surface area contributed by atoms with Gasteiger partial charge in [0.1, 0.15) is 0 Å². The van der Waals surface area contributed by atoms with Crippen LogP contribution < -0.4 is 9.80 Å². The van der Waals surface area contributed by atoms with E-state index in [4.69, 9.17) is 0 Å². The van der Waals surface area contributed by atoms with Gasteiger partial charge in [0.05, 0.1) is 62.6 Å². The zero-order valence-electron chi connectivity index (χ0n) is 85.9. The van der Waals surface area contributed by atoms with Gasteiger partial charge in [-0.3, -0.25) is 14.5 Å². The fraction of sp³-hybridized carbons (Fsp3) is 0.280. The Morgan fingerprint density at radius 2 is 0.478 bits per heavy atom. The van der Waals surface area contributed by atoms with Crippen molar-refractivity contribution < 1.29 is 0 Å². The second kappa shape index (κ2) is 64.3. The van der Waals surface area contributed by atoms with Crippen LogP contribution >= 0.6 is 0 Å². The summed E-state index contributed by atoms with van der Waals surface area (Å²) in [5.41, 5.74) is 22.9. The molecule has 0 atom stereocenters. The predicted octanol–water partition coefficient (Wildman–Crippen LogP) is 38.4. The normalized spacial score (nSPS) is 9.83. The van der Waals surface area contributed by atoms with Crippen LogP contribution in [0, 0.1) is 0 Å². The van der Waals surface area contributed by atoms with E-state index in [1.54, 1.807) is 0 Å². The van der Waals surface area contributed by atoms with E-state index in [2.05, 4.69) is 418 Å². The van der Waals surface area contributed by atoms with Crippen LogP contribution in [0.4, 0.5) is 34.1 Å². The molecule has 0 bridgehead atoms. The molecule has 0 aliphatic rings. The molecule has 9 nitrogen and oxygen atoms in total. The van der Waals surface area contributed by atoms with Gasteiger partial charge in [0.2, 0.25) is 5.95 Å². The summed E-state index contributed by atoms with van der Waals surface area (Å²) in [4.78, 5) is 23.0. The van der Waals surface area contributed by atoms with E-state index in [-0.39, 0.29) is 0 Å². The molecule has 0 N–H and O–H groups in total. The Balaban J connectivity index is 0.000000282. The van der Waals surface area contributed by atoms with Crippen molar-refractivity contribution in [1.29, 1.82) is 0 Å². The Labute approximate surface area is 807 Å². The zero-order valence-corrected chi connectivity index (χ0v) is 85.9. The summed E-state index contributed by atoms with van der Waals surface area (Å²) in [6.45, 7) is 51.0. The molecule has 6 heterocycles. The number of anilines is 6. The van der Waals surface area contributed by atoms with Crippen LogP contribution in [0.3, 0.4) is 0 Å². The van der Waals surface area contributed by atoms with E-state index >= 15 is 0 Å². The standard InChI is InChI=1S/C25H23N.C21H19N.C20H18N2.C20H20N2.C19H17N3.10C2H6/c1-2-11-20-18-19-25(24-17-10-9-16-23(20)24)26(21-12-5-3-6-13-21)22-14-7-4-8-15-22;1-2-7-16-12-14-17(15-13-16)22-20-10-5-3-8-18(20)19-9-4-6-11-21(19)22;1-2-7-15-12-13-16(14-21-15)22-19-10-5-3-8-17(19)18-9-4-6-11-20(18)22;1-2-9-17-14-15-20(16-21-17)22(18-10-5-3-6-11-18)19-12-7-4-8-13-19;1-2-7-14-12-20-19(21-13-14)22-17-10-5-3-8-15(17)16-9-4-6-11-18(16)22;10*1-2/h3-10,12-19H,2,11H2,1H3;3-6,8-15H,2,7H2,1H3;3-6,8-14H,2,7H2,1H3;3-8,10-16H,2,9H2,1H3;3-6,8-13H,2,7H2,1H3;10*1-2H3. The number of fused-ring (bicyclic) bond motifs is 10. The summed E-state index contributed by atoms with van der Waals surface area (Å²) in [7, 11) is 0. The first kappa shape index (κ1) is 111. The molecule has 0 saturated heterocycles. The van der Waals surface area contributed by atoms with E-state index in [1.165, 1.54) is 111 Å². The third-order valence-electron chi connectivity index (χ3n) is 20.9. The molecule has 702 valence electrons. The topological polar surface area (TPSA) is 72.8 Å². The number of rotatable bonds is 19. The van der Waals surface area contributed by atoms with E-state index in [0.717, 1.165) is 109 Å². The lowest BCUT2D eigenvalue weighted by molar-refractivity contribution is 0.880. The van der Waals surface area contributed by atoms with Crippen molar-refractivity contribution in [3.63, 3.8) is 0 Å². The highest BCUT2D eigenvalue weighted by molar-refractivity contribution is 6.11. The summed E-state index contributed by atoms with van der Waals surface area (Å²) in [5.74, 6) is 0.734. The monoisotopic (exact) mass is 1780 g/mol. The third kappa shape index (κ3) is 29.5.